The zero-order chi connectivity index (χ0) is 16.4. The summed E-state index contributed by atoms with van der Waals surface area (Å²) in [6.07, 6.45) is 6.45. The molecule has 24 heavy (non-hydrogen) atoms. The molecular weight excluding hydrogens is 300 g/mol. The van der Waals surface area contributed by atoms with Gasteiger partial charge < -0.3 is 14.6 Å². The van der Waals surface area contributed by atoms with Gasteiger partial charge in [0.05, 0.1) is 0 Å². The number of rotatable bonds is 6. The molecule has 0 bridgehead atoms. The Morgan fingerprint density at radius 2 is 1.17 bits per heavy atom. The lowest BCUT2D eigenvalue weighted by molar-refractivity contribution is 0.0626. The maximum absolute atomic E-state index is 10.1. The second-order valence-electron chi connectivity index (χ2n) is 6.84. The predicted molar refractivity (Wildman–Crippen MR) is 93.9 cm³/mol. The van der Waals surface area contributed by atoms with Crippen LogP contribution in [0, 0.1) is 0 Å². The Balaban J connectivity index is 1.27. The average Bonchev–Trinajstić information content (AvgIpc) is 3.25. The zero-order valence-corrected chi connectivity index (χ0v) is 14.0. The Bertz CT molecular complexity index is 662. The summed E-state index contributed by atoms with van der Waals surface area (Å²) in [5.41, 5.74) is 5.64. The van der Waals surface area contributed by atoms with E-state index in [2.05, 4.69) is 24.3 Å². The van der Waals surface area contributed by atoms with Crippen molar-refractivity contribution in [2.75, 3.05) is 13.2 Å². The summed E-state index contributed by atoms with van der Waals surface area (Å²) in [5, 5.41) is 10.1. The van der Waals surface area contributed by atoms with Gasteiger partial charge in [-0.1, -0.05) is 12.1 Å². The third-order valence-electron chi connectivity index (χ3n) is 5.02. The van der Waals surface area contributed by atoms with Crippen LogP contribution in [0.4, 0.5) is 0 Å². The first kappa shape index (κ1) is 15.5. The molecule has 0 atom stereocenters. The lowest BCUT2D eigenvalue weighted by Gasteiger charge is -2.15. The molecule has 126 valence electrons. The fraction of sp³-hybridized carbons (Fsp3) is 0.429. The summed E-state index contributed by atoms with van der Waals surface area (Å²) in [7, 11) is 0. The predicted octanol–water partition coefficient (Wildman–Crippen LogP) is 3.48. The third-order valence-corrected chi connectivity index (χ3v) is 5.02. The highest BCUT2D eigenvalue weighted by molar-refractivity contribution is 5.39. The zero-order valence-electron chi connectivity index (χ0n) is 14.0. The van der Waals surface area contributed by atoms with Crippen LogP contribution in [0.3, 0.4) is 0 Å². The van der Waals surface area contributed by atoms with Crippen molar-refractivity contribution in [3.63, 3.8) is 0 Å². The van der Waals surface area contributed by atoms with Gasteiger partial charge in [-0.15, -0.1) is 0 Å². The van der Waals surface area contributed by atoms with Crippen molar-refractivity contribution in [1.29, 1.82) is 0 Å². The summed E-state index contributed by atoms with van der Waals surface area (Å²) in [5.74, 6) is 1.68. The van der Waals surface area contributed by atoms with E-state index >= 15 is 0 Å². The second-order valence-corrected chi connectivity index (χ2v) is 6.84. The first-order valence-electron chi connectivity index (χ1n) is 8.95. The van der Waals surface area contributed by atoms with E-state index in [1.165, 1.54) is 47.9 Å². The monoisotopic (exact) mass is 324 g/mol. The average molecular weight is 324 g/mol. The van der Waals surface area contributed by atoms with Crippen LogP contribution in [0.15, 0.2) is 36.4 Å². The summed E-state index contributed by atoms with van der Waals surface area (Å²) in [6, 6.07) is 12.5. The first-order valence-corrected chi connectivity index (χ1v) is 8.95. The SMILES string of the molecule is OC(COc1ccc2c(c1)CCC2)COc1ccc2c(c1)CCC2. The van der Waals surface area contributed by atoms with Crippen LogP contribution in [0.1, 0.15) is 35.1 Å². The van der Waals surface area contributed by atoms with Gasteiger partial charge in [-0.25, -0.2) is 0 Å². The van der Waals surface area contributed by atoms with Crippen LogP contribution in [-0.4, -0.2) is 24.4 Å². The largest absolute Gasteiger partial charge is 0.491 e. The minimum atomic E-state index is -0.633. The van der Waals surface area contributed by atoms with Crippen LogP contribution in [0.25, 0.3) is 0 Å². The van der Waals surface area contributed by atoms with Crippen molar-refractivity contribution >= 4 is 0 Å². The number of hydrogen-bond acceptors (Lipinski definition) is 3. The third kappa shape index (κ3) is 3.41. The van der Waals surface area contributed by atoms with E-state index in [0.29, 0.717) is 0 Å². The van der Waals surface area contributed by atoms with Crippen molar-refractivity contribution < 1.29 is 14.6 Å². The molecule has 0 fully saturated rings. The lowest BCUT2D eigenvalue weighted by atomic mass is 10.1. The van der Waals surface area contributed by atoms with Crippen molar-refractivity contribution in [2.24, 2.45) is 0 Å². The highest BCUT2D eigenvalue weighted by atomic mass is 16.5. The van der Waals surface area contributed by atoms with Gasteiger partial charge >= 0.3 is 0 Å². The minimum absolute atomic E-state index is 0.254. The number of aryl methyl sites for hydroxylation is 4. The van der Waals surface area contributed by atoms with Crippen molar-refractivity contribution in [1.82, 2.24) is 0 Å². The van der Waals surface area contributed by atoms with Gasteiger partial charge in [0.1, 0.15) is 30.8 Å². The number of aliphatic hydroxyl groups is 1. The molecule has 0 amide bonds. The number of hydrogen-bond donors (Lipinski definition) is 1. The van der Waals surface area contributed by atoms with Crippen molar-refractivity contribution in [2.45, 2.75) is 44.6 Å². The number of ether oxygens (including phenoxy) is 2. The van der Waals surface area contributed by atoms with Crippen LogP contribution < -0.4 is 9.47 Å². The first-order chi connectivity index (χ1) is 11.8. The molecule has 0 aliphatic heterocycles. The summed E-state index contributed by atoms with van der Waals surface area (Å²) in [6.45, 7) is 0.507. The number of benzene rings is 2. The van der Waals surface area contributed by atoms with Gasteiger partial charge in [0.2, 0.25) is 0 Å². The van der Waals surface area contributed by atoms with E-state index in [1.54, 1.807) is 0 Å². The van der Waals surface area contributed by atoms with E-state index < -0.39 is 6.10 Å². The van der Waals surface area contributed by atoms with Crippen LogP contribution in [0.5, 0.6) is 11.5 Å². The Hall–Kier alpha value is -2.00. The summed E-state index contributed by atoms with van der Waals surface area (Å²) in [4.78, 5) is 0. The van der Waals surface area contributed by atoms with Crippen LogP contribution in [-0.2, 0) is 25.7 Å². The fourth-order valence-corrected chi connectivity index (χ4v) is 3.71. The second kappa shape index (κ2) is 6.86. The van der Waals surface area contributed by atoms with Gasteiger partial charge in [-0.2, -0.15) is 0 Å². The molecule has 3 nitrogen and oxygen atoms in total. The molecule has 2 aliphatic carbocycles. The molecule has 2 aromatic carbocycles. The molecule has 3 heteroatoms. The van der Waals surface area contributed by atoms with E-state index in [0.717, 1.165) is 24.3 Å². The maximum Gasteiger partial charge on any atom is 0.122 e. The Labute approximate surface area is 143 Å². The van der Waals surface area contributed by atoms with E-state index in [4.69, 9.17) is 9.47 Å². The molecule has 0 radical (unpaired) electrons. The van der Waals surface area contributed by atoms with Crippen molar-refractivity contribution in [3.05, 3.63) is 58.7 Å². The maximum atomic E-state index is 10.1. The minimum Gasteiger partial charge on any atom is -0.491 e. The Morgan fingerprint density at radius 1 is 0.708 bits per heavy atom. The molecule has 2 aliphatic rings. The molecule has 0 unspecified atom stereocenters. The Morgan fingerprint density at radius 3 is 1.67 bits per heavy atom. The molecule has 0 aromatic heterocycles. The van der Waals surface area contributed by atoms with Gasteiger partial charge in [0.25, 0.3) is 0 Å². The van der Waals surface area contributed by atoms with Gasteiger partial charge in [-0.05, 0) is 85.0 Å². The fourth-order valence-electron chi connectivity index (χ4n) is 3.71. The molecule has 0 saturated carbocycles. The van der Waals surface area contributed by atoms with E-state index in [9.17, 15) is 5.11 Å². The number of aliphatic hydroxyl groups excluding tert-OH is 1. The molecule has 0 spiro atoms. The summed E-state index contributed by atoms with van der Waals surface area (Å²) < 4.78 is 11.5. The van der Waals surface area contributed by atoms with Crippen molar-refractivity contribution in [3.8, 4) is 11.5 Å². The molecule has 4 rings (SSSR count). The lowest BCUT2D eigenvalue weighted by Crippen LogP contribution is -2.25. The highest BCUT2D eigenvalue weighted by Crippen LogP contribution is 2.27. The molecule has 1 N–H and O–H groups in total. The van der Waals surface area contributed by atoms with E-state index in [-0.39, 0.29) is 13.2 Å². The Kier molecular flexibility index (Phi) is 4.44. The smallest absolute Gasteiger partial charge is 0.122 e. The number of fused-ring (bicyclic) bond motifs is 2. The molecule has 0 heterocycles. The molecular formula is C21H24O3. The molecule has 2 aromatic rings. The summed E-state index contributed by atoms with van der Waals surface area (Å²) >= 11 is 0. The standard InChI is InChI=1S/C21H24O3/c22-19(13-23-20-9-7-15-3-1-5-17(15)11-20)14-24-21-10-8-16-4-2-6-18(16)12-21/h7-12,19,22H,1-6,13-14H2. The van der Waals surface area contributed by atoms with Gasteiger partial charge in [0, 0.05) is 0 Å². The highest BCUT2D eigenvalue weighted by Gasteiger charge is 2.14. The van der Waals surface area contributed by atoms with Crippen LogP contribution >= 0.6 is 0 Å². The normalized spacial score (nSPS) is 15.4. The van der Waals surface area contributed by atoms with E-state index in [1.807, 2.05) is 12.1 Å². The van der Waals surface area contributed by atoms with Gasteiger partial charge in [-0.3, -0.25) is 0 Å². The molecule has 0 saturated heterocycles. The quantitative estimate of drug-likeness (QED) is 0.884. The topological polar surface area (TPSA) is 38.7 Å². The van der Waals surface area contributed by atoms with Crippen LogP contribution in [0.2, 0.25) is 0 Å². The van der Waals surface area contributed by atoms with Gasteiger partial charge in [0.15, 0.2) is 0 Å².